The van der Waals surface area contributed by atoms with Gasteiger partial charge in [0.1, 0.15) is 5.52 Å². The van der Waals surface area contributed by atoms with Crippen molar-refractivity contribution in [2.75, 3.05) is 0 Å². The van der Waals surface area contributed by atoms with Crippen LogP contribution in [-0.2, 0) is 0 Å². The SMILES string of the molecule is Bn1nnc2ccccc2c1=O. The van der Waals surface area contributed by atoms with Crippen molar-refractivity contribution in [3.05, 3.63) is 34.6 Å². The lowest BCUT2D eigenvalue weighted by Gasteiger charge is -1.96. The first-order valence-electron chi connectivity index (χ1n) is 3.58. The number of nitrogens with zero attached hydrogens (tertiary/aromatic N) is 3. The van der Waals surface area contributed by atoms with E-state index in [1.54, 1.807) is 20.1 Å². The first kappa shape index (κ1) is 7.03. The molecule has 0 atom stereocenters. The van der Waals surface area contributed by atoms with Gasteiger partial charge < -0.3 is 0 Å². The Morgan fingerprint density at radius 3 is 2.92 bits per heavy atom. The summed E-state index contributed by atoms with van der Waals surface area (Å²) in [5.41, 5.74) is 0.529. The van der Waals surface area contributed by atoms with Crippen LogP contribution in [0.3, 0.4) is 0 Å². The molecule has 1 aromatic heterocycles. The van der Waals surface area contributed by atoms with Gasteiger partial charge in [0.05, 0.1) is 5.39 Å². The van der Waals surface area contributed by atoms with Crippen molar-refractivity contribution in [3.63, 3.8) is 0 Å². The Hall–Kier alpha value is -1.65. The van der Waals surface area contributed by atoms with Crippen LogP contribution in [0.25, 0.3) is 10.9 Å². The van der Waals surface area contributed by atoms with Gasteiger partial charge in [-0.25, -0.2) is 0 Å². The van der Waals surface area contributed by atoms with Crippen molar-refractivity contribution in [3.8, 4) is 0 Å². The number of fused-ring (bicyclic) bond motifs is 1. The average molecular weight is 159 g/mol. The second-order valence-electron chi connectivity index (χ2n) is 2.54. The summed E-state index contributed by atoms with van der Waals surface area (Å²) in [4.78, 5) is 11.4. The molecule has 0 saturated carbocycles. The highest BCUT2D eigenvalue weighted by Gasteiger charge is 1.99. The maximum Gasteiger partial charge on any atom is 0.264 e. The second kappa shape index (κ2) is 2.44. The lowest BCUT2D eigenvalue weighted by atomic mass is 10.2. The fourth-order valence-corrected chi connectivity index (χ4v) is 1.07. The summed E-state index contributed by atoms with van der Waals surface area (Å²) >= 11 is 0. The van der Waals surface area contributed by atoms with E-state index in [1.807, 2.05) is 12.1 Å². The molecule has 58 valence electrons. The average Bonchev–Trinajstić information content (AvgIpc) is 2.12. The summed E-state index contributed by atoms with van der Waals surface area (Å²) in [6, 6.07) is 7.15. The normalized spacial score (nSPS) is 10.3. The predicted molar refractivity (Wildman–Crippen MR) is 47.7 cm³/mol. The first-order valence-corrected chi connectivity index (χ1v) is 3.58. The fourth-order valence-electron chi connectivity index (χ4n) is 1.07. The molecule has 1 aromatic carbocycles. The molecule has 0 aliphatic rings. The molecule has 0 aliphatic heterocycles. The quantitative estimate of drug-likeness (QED) is 0.472. The number of benzene rings is 1. The minimum absolute atomic E-state index is 0.111. The molecule has 0 fully saturated rings. The molecule has 4 nitrogen and oxygen atoms in total. The standard InChI is InChI=1S/C7H6BN3O/c8-11-7(12)5-3-1-2-4-6(5)9-10-11/h1-4H,8H2. The van der Waals surface area contributed by atoms with E-state index < -0.39 is 0 Å². The van der Waals surface area contributed by atoms with Crippen molar-refractivity contribution in [2.24, 2.45) is 0 Å². The fraction of sp³-hybridized carbons (Fsp3) is 0. The summed E-state index contributed by atoms with van der Waals surface area (Å²) in [5, 5.41) is 8.12. The maximum atomic E-state index is 11.4. The van der Waals surface area contributed by atoms with E-state index in [0.717, 1.165) is 0 Å². The third-order valence-corrected chi connectivity index (χ3v) is 1.71. The maximum absolute atomic E-state index is 11.4. The van der Waals surface area contributed by atoms with Gasteiger partial charge >= 0.3 is 0 Å². The van der Waals surface area contributed by atoms with E-state index in [0.29, 0.717) is 10.9 Å². The van der Waals surface area contributed by atoms with Crippen LogP contribution in [0.5, 0.6) is 0 Å². The number of hydrogen-bond donors (Lipinski definition) is 0. The molecule has 0 radical (unpaired) electrons. The molecule has 2 rings (SSSR count). The van der Waals surface area contributed by atoms with Crippen LogP contribution in [0.2, 0.25) is 0 Å². The minimum Gasteiger partial charge on any atom is -0.269 e. The molecule has 1 heterocycles. The zero-order valence-electron chi connectivity index (χ0n) is 6.56. The Bertz CT molecular complexity index is 479. The number of rotatable bonds is 0. The Kier molecular flexibility index (Phi) is 1.43. The topological polar surface area (TPSA) is 47.8 Å². The van der Waals surface area contributed by atoms with Gasteiger partial charge in [-0.15, -0.1) is 5.10 Å². The van der Waals surface area contributed by atoms with Gasteiger partial charge in [0.2, 0.25) is 0 Å². The van der Waals surface area contributed by atoms with E-state index in [4.69, 9.17) is 0 Å². The van der Waals surface area contributed by atoms with Crippen molar-refractivity contribution in [2.45, 2.75) is 0 Å². The lowest BCUT2D eigenvalue weighted by molar-refractivity contribution is 0.808. The Balaban J connectivity index is 3.01. The zero-order chi connectivity index (χ0) is 8.55. The van der Waals surface area contributed by atoms with Gasteiger partial charge in [-0.2, -0.15) is 0 Å². The molecule has 12 heavy (non-hydrogen) atoms. The van der Waals surface area contributed by atoms with E-state index in [9.17, 15) is 4.79 Å². The van der Waals surface area contributed by atoms with Gasteiger partial charge in [0.15, 0.2) is 0 Å². The van der Waals surface area contributed by atoms with Crippen molar-refractivity contribution >= 4 is 18.9 Å². The van der Waals surface area contributed by atoms with Crippen LogP contribution >= 0.6 is 0 Å². The summed E-state index contributed by atoms with van der Waals surface area (Å²) in [7, 11) is 1.59. The smallest absolute Gasteiger partial charge is 0.264 e. The lowest BCUT2D eigenvalue weighted by Crippen LogP contribution is -2.22. The van der Waals surface area contributed by atoms with Gasteiger partial charge in [-0.3, -0.25) is 9.39 Å². The molecular formula is C7H6BN3O. The van der Waals surface area contributed by atoms with Gasteiger partial charge in [0, 0.05) is 0 Å². The number of hydrogen-bond acceptors (Lipinski definition) is 3. The summed E-state index contributed by atoms with van der Waals surface area (Å²) in [6.07, 6.45) is 0. The van der Waals surface area contributed by atoms with E-state index >= 15 is 0 Å². The van der Waals surface area contributed by atoms with Crippen molar-refractivity contribution < 1.29 is 0 Å². The highest BCUT2D eigenvalue weighted by atomic mass is 16.1. The van der Waals surface area contributed by atoms with Gasteiger partial charge in [-0.05, 0) is 12.1 Å². The van der Waals surface area contributed by atoms with Gasteiger partial charge in [0.25, 0.3) is 13.5 Å². The Labute approximate surface area is 69.3 Å². The highest BCUT2D eigenvalue weighted by molar-refractivity contribution is 6.06. The molecule has 0 amide bonds. The summed E-state index contributed by atoms with van der Waals surface area (Å²) in [5.74, 6) is 0. The van der Waals surface area contributed by atoms with Crippen LogP contribution in [0.1, 0.15) is 0 Å². The third-order valence-electron chi connectivity index (χ3n) is 1.71. The van der Waals surface area contributed by atoms with E-state index in [2.05, 4.69) is 10.3 Å². The van der Waals surface area contributed by atoms with Crippen LogP contribution in [0.4, 0.5) is 0 Å². The zero-order valence-corrected chi connectivity index (χ0v) is 6.56. The minimum atomic E-state index is -0.111. The monoisotopic (exact) mass is 159 g/mol. The van der Waals surface area contributed by atoms with Crippen LogP contribution in [0.15, 0.2) is 29.1 Å². The van der Waals surface area contributed by atoms with Crippen LogP contribution < -0.4 is 5.56 Å². The molecular weight excluding hydrogens is 153 g/mol. The summed E-state index contributed by atoms with van der Waals surface area (Å²) in [6.45, 7) is 0. The molecule has 0 unspecified atom stereocenters. The van der Waals surface area contributed by atoms with E-state index in [1.165, 1.54) is 4.59 Å². The highest BCUT2D eigenvalue weighted by Crippen LogP contribution is 2.02. The third kappa shape index (κ3) is 0.904. The Morgan fingerprint density at radius 1 is 1.33 bits per heavy atom. The van der Waals surface area contributed by atoms with Crippen LogP contribution in [-0.4, -0.2) is 22.9 Å². The molecule has 0 aliphatic carbocycles. The largest absolute Gasteiger partial charge is 0.269 e. The second-order valence-corrected chi connectivity index (χ2v) is 2.54. The van der Waals surface area contributed by atoms with E-state index in [-0.39, 0.29) is 5.56 Å². The molecule has 0 saturated heterocycles. The van der Waals surface area contributed by atoms with Gasteiger partial charge in [-0.1, -0.05) is 17.3 Å². The van der Waals surface area contributed by atoms with Crippen molar-refractivity contribution in [1.82, 2.24) is 14.9 Å². The first-order chi connectivity index (χ1) is 5.79. The number of aromatic nitrogens is 3. The Morgan fingerprint density at radius 2 is 2.08 bits per heavy atom. The molecule has 0 N–H and O–H groups in total. The molecule has 0 spiro atoms. The van der Waals surface area contributed by atoms with Crippen molar-refractivity contribution in [1.29, 1.82) is 0 Å². The predicted octanol–water partition coefficient (Wildman–Crippen LogP) is -0.812. The van der Waals surface area contributed by atoms with Crippen LogP contribution in [0, 0.1) is 0 Å². The summed E-state index contributed by atoms with van der Waals surface area (Å²) < 4.78 is 1.22. The molecule has 5 heteroatoms. The molecule has 2 aromatic rings. The molecule has 0 bridgehead atoms.